The molecule has 0 aromatic carbocycles. The molecule has 0 radical (unpaired) electrons. The molecule has 1 fully saturated rings. The fraction of sp³-hybridized carbons (Fsp3) is 0.429. The summed E-state index contributed by atoms with van der Waals surface area (Å²) in [4.78, 5) is 37.2. The molecule has 10 heteroatoms. The summed E-state index contributed by atoms with van der Waals surface area (Å²) in [5.74, 6) is 0.536. The van der Waals surface area contributed by atoms with Gasteiger partial charge in [0, 0.05) is 19.6 Å². The van der Waals surface area contributed by atoms with Gasteiger partial charge in [-0.2, -0.15) is 0 Å². The third kappa shape index (κ3) is 4.91. The number of amides is 1. The van der Waals surface area contributed by atoms with Crippen LogP contribution in [0.1, 0.15) is 34.8 Å². The first-order valence-electron chi connectivity index (χ1n) is 10.2. The van der Waals surface area contributed by atoms with Crippen LogP contribution in [0.2, 0.25) is 0 Å². The Balaban J connectivity index is 1.40. The van der Waals surface area contributed by atoms with Crippen LogP contribution in [0.3, 0.4) is 0 Å². The van der Waals surface area contributed by atoms with Gasteiger partial charge in [0.1, 0.15) is 11.1 Å². The zero-order chi connectivity index (χ0) is 21.8. The SMILES string of the molecule is C=CCn1c(SCc2nc(C(=O)NCCN3CCCC3)co2)nc2scc(C)c2c1=O. The highest BCUT2D eigenvalue weighted by molar-refractivity contribution is 7.98. The summed E-state index contributed by atoms with van der Waals surface area (Å²) in [5.41, 5.74) is 1.12. The lowest BCUT2D eigenvalue weighted by molar-refractivity contribution is 0.0944. The first kappa shape index (κ1) is 21.8. The molecule has 0 saturated carbocycles. The molecule has 1 N–H and O–H groups in total. The molecular formula is C21H25N5O3S2. The lowest BCUT2D eigenvalue weighted by atomic mass is 10.3. The predicted octanol–water partition coefficient (Wildman–Crippen LogP) is 3.06. The number of hydrogen-bond donors (Lipinski definition) is 1. The molecule has 3 aromatic heterocycles. The number of aromatic nitrogens is 3. The van der Waals surface area contributed by atoms with Crippen molar-refractivity contribution in [3.63, 3.8) is 0 Å². The number of nitrogens with zero attached hydrogens (tertiary/aromatic N) is 4. The maximum absolute atomic E-state index is 12.9. The number of nitrogens with one attached hydrogen (secondary N) is 1. The van der Waals surface area contributed by atoms with Gasteiger partial charge >= 0.3 is 0 Å². The molecule has 0 aliphatic carbocycles. The van der Waals surface area contributed by atoms with Crippen molar-refractivity contribution in [2.24, 2.45) is 0 Å². The zero-order valence-corrected chi connectivity index (χ0v) is 19.1. The van der Waals surface area contributed by atoms with Gasteiger partial charge in [-0.3, -0.25) is 14.2 Å². The minimum Gasteiger partial charge on any atom is -0.447 e. The highest BCUT2D eigenvalue weighted by Crippen LogP contribution is 2.26. The highest BCUT2D eigenvalue weighted by Gasteiger charge is 2.17. The Hall–Kier alpha value is -2.43. The van der Waals surface area contributed by atoms with Crippen molar-refractivity contribution in [1.82, 2.24) is 24.8 Å². The molecule has 164 valence electrons. The molecule has 3 aromatic rings. The van der Waals surface area contributed by atoms with Crippen LogP contribution >= 0.6 is 23.1 Å². The van der Waals surface area contributed by atoms with Gasteiger partial charge in [-0.1, -0.05) is 17.8 Å². The largest absolute Gasteiger partial charge is 0.447 e. The molecule has 0 bridgehead atoms. The van der Waals surface area contributed by atoms with Gasteiger partial charge in [-0.05, 0) is 43.8 Å². The number of hydrogen-bond acceptors (Lipinski definition) is 8. The molecule has 1 aliphatic heterocycles. The Kier molecular flexibility index (Phi) is 6.89. The smallest absolute Gasteiger partial charge is 0.273 e. The Morgan fingerprint density at radius 2 is 2.19 bits per heavy atom. The van der Waals surface area contributed by atoms with E-state index >= 15 is 0 Å². The van der Waals surface area contributed by atoms with E-state index in [1.807, 2.05) is 12.3 Å². The van der Waals surface area contributed by atoms with Crippen LogP contribution in [0, 0.1) is 6.92 Å². The van der Waals surface area contributed by atoms with Gasteiger partial charge in [0.05, 0.1) is 11.1 Å². The Bertz CT molecular complexity index is 1140. The van der Waals surface area contributed by atoms with Crippen LogP contribution in [0.15, 0.2) is 38.7 Å². The third-order valence-electron chi connectivity index (χ3n) is 5.18. The lowest BCUT2D eigenvalue weighted by Gasteiger charge is -2.14. The quantitative estimate of drug-likeness (QED) is 0.299. The van der Waals surface area contributed by atoms with E-state index in [0.29, 0.717) is 35.3 Å². The Morgan fingerprint density at radius 1 is 1.39 bits per heavy atom. The van der Waals surface area contributed by atoms with Crippen LogP contribution < -0.4 is 10.9 Å². The standard InChI is InChI=1S/C21H25N5O3S2/c1-3-7-26-20(28)17-14(2)12-30-19(17)24-21(26)31-13-16-23-15(11-29-16)18(27)22-6-10-25-8-4-5-9-25/h3,11-12H,1,4-10,13H2,2H3,(H,22,27). The molecule has 31 heavy (non-hydrogen) atoms. The fourth-order valence-corrected chi connectivity index (χ4v) is 5.40. The molecule has 1 amide bonds. The van der Waals surface area contributed by atoms with E-state index in [2.05, 4.69) is 26.8 Å². The molecule has 8 nitrogen and oxygen atoms in total. The fourth-order valence-electron chi connectivity index (χ4n) is 3.57. The van der Waals surface area contributed by atoms with Crippen molar-refractivity contribution in [1.29, 1.82) is 0 Å². The maximum Gasteiger partial charge on any atom is 0.273 e. The molecule has 1 saturated heterocycles. The summed E-state index contributed by atoms with van der Waals surface area (Å²) in [6.07, 6.45) is 5.51. The van der Waals surface area contributed by atoms with E-state index in [9.17, 15) is 9.59 Å². The summed E-state index contributed by atoms with van der Waals surface area (Å²) < 4.78 is 7.08. The monoisotopic (exact) mass is 459 g/mol. The van der Waals surface area contributed by atoms with Crippen molar-refractivity contribution < 1.29 is 9.21 Å². The van der Waals surface area contributed by atoms with Crippen molar-refractivity contribution >= 4 is 39.2 Å². The molecule has 4 rings (SSSR count). The second kappa shape index (κ2) is 9.80. The van der Waals surface area contributed by atoms with Crippen LogP contribution in [0.5, 0.6) is 0 Å². The second-order valence-corrected chi connectivity index (χ2v) is 9.22. The van der Waals surface area contributed by atoms with Crippen molar-refractivity contribution in [3.05, 3.63) is 51.8 Å². The molecule has 0 atom stereocenters. The summed E-state index contributed by atoms with van der Waals surface area (Å²) in [7, 11) is 0. The van der Waals surface area contributed by atoms with E-state index in [4.69, 9.17) is 4.42 Å². The van der Waals surface area contributed by atoms with Crippen molar-refractivity contribution in [2.45, 2.75) is 37.2 Å². The molecule has 4 heterocycles. The van der Waals surface area contributed by atoms with Gasteiger partial charge in [-0.25, -0.2) is 9.97 Å². The number of oxazole rings is 1. The van der Waals surface area contributed by atoms with E-state index in [1.54, 1.807) is 10.6 Å². The molecule has 0 unspecified atom stereocenters. The second-order valence-electron chi connectivity index (χ2n) is 7.42. The number of allylic oxidation sites excluding steroid dienone is 1. The van der Waals surface area contributed by atoms with Gasteiger partial charge in [0.2, 0.25) is 5.89 Å². The minimum absolute atomic E-state index is 0.0726. The number of carbonyl (C=O) groups is 1. The molecule has 0 spiro atoms. The summed E-state index contributed by atoms with van der Waals surface area (Å²) in [6, 6.07) is 0. The topological polar surface area (TPSA) is 93.3 Å². The Morgan fingerprint density at radius 3 is 2.97 bits per heavy atom. The number of rotatable bonds is 9. The normalized spacial score (nSPS) is 14.4. The van der Waals surface area contributed by atoms with Gasteiger partial charge in [-0.15, -0.1) is 17.9 Å². The summed E-state index contributed by atoms with van der Waals surface area (Å²) in [6.45, 7) is 9.67. The number of carbonyl (C=O) groups excluding carboxylic acids is 1. The van der Waals surface area contributed by atoms with Gasteiger partial charge in [0.15, 0.2) is 10.9 Å². The van der Waals surface area contributed by atoms with Crippen LogP contribution in [-0.4, -0.2) is 51.5 Å². The summed E-state index contributed by atoms with van der Waals surface area (Å²) in [5, 5.41) is 6.06. The zero-order valence-electron chi connectivity index (χ0n) is 17.4. The van der Waals surface area contributed by atoms with Crippen LogP contribution in [-0.2, 0) is 12.3 Å². The average molecular weight is 460 g/mol. The predicted molar refractivity (Wildman–Crippen MR) is 123 cm³/mol. The Labute approximate surface area is 188 Å². The van der Waals surface area contributed by atoms with Crippen LogP contribution in [0.25, 0.3) is 10.2 Å². The minimum atomic E-state index is -0.239. The van der Waals surface area contributed by atoms with Crippen LogP contribution in [0.4, 0.5) is 0 Å². The number of thiophene rings is 1. The first-order chi connectivity index (χ1) is 15.1. The van der Waals surface area contributed by atoms with E-state index in [-0.39, 0.29) is 17.2 Å². The van der Waals surface area contributed by atoms with E-state index in [0.717, 1.165) is 30.0 Å². The number of fused-ring (bicyclic) bond motifs is 1. The van der Waals surface area contributed by atoms with Crippen molar-refractivity contribution in [2.75, 3.05) is 26.2 Å². The number of likely N-dealkylation sites (tertiary alicyclic amines) is 1. The average Bonchev–Trinajstić information content (AvgIpc) is 3.50. The number of thioether (sulfide) groups is 1. The van der Waals surface area contributed by atoms with Gasteiger partial charge < -0.3 is 14.6 Å². The lowest BCUT2D eigenvalue weighted by Crippen LogP contribution is -2.33. The summed E-state index contributed by atoms with van der Waals surface area (Å²) >= 11 is 2.81. The molecule has 1 aliphatic rings. The first-order valence-corrected chi connectivity index (χ1v) is 12.1. The highest BCUT2D eigenvalue weighted by atomic mass is 32.2. The van der Waals surface area contributed by atoms with E-state index < -0.39 is 0 Å². The maximum atomic E-state index is 12.9. The number of aryl methyl sites for hydroxylation is 1. The van der Waals surface area contributed by atoms with E-state index in [1.165, 1.54) is 42.2 Å². The third-order valence-corrected chi connectivity index (χ3v) is 7.13. The van der Waals surface area contributed by atoms with Gasteiger partial charge in [0.25, 0.3) is 11.5 Å². The van der Waals surface area contributed by atoms with Crippen molar-refractivity contribution in [3.8, 4) is 0 Å². The molecular weight excluding hydrogens is 434 g/mol.